The monoisotopic (exact) mass is 178 g/mol. The van der Waals surface area contributed by atoms with E-state index in [0.29, 0.717) is 0 Å². The molecule has 0 aliphatic carbocycles. The summed E-state index contributed by atoms with van der Waals surface area (Å²) in [5, 5.41) is 0. The van der Waals surface area contributed by atoms with Crippen molar-refractivity contribution in [1.82, 2.24) is 0 Å². The Balaban J connectivity index is 2.48. The molecular weight excluding hydrogens is 164 g/mol. The highest BCUT2D eigenvalue weighted by Crippen LogP contribution is 2.24. The summed E-state index contributed by atoms with van der Waals surface area (Å²) >= 11 is 4.21. The summed E-state index contributed by atoms with van der Waals surface area (Å²) in [7, 11) is -2.35. The molecule has 0 aromatic rings. The van der Waals surface area contributed by atoms with Crippen LogP contribution in [0.15, 0.2) is 0 Å². The van der Waals surface area contributed by atoms with Gasteiger partial charge in [0.05, 0.1) is 0 Å². The molecule has 1 rings (SSSR count). The Hall–Kier alpha value is 0.487. The van der Waals surface area contributed by atoms with Gasteiger partial charge in [0.15, 0.2) is 0 Å². The summed E-state index contributed by atoms with van der Waals surface area (Å²) in [6.45, 7) is 2.65. The first-order valence-electron chi connectivity index (χ1n) is 3.69. The van der Waals surface area contributed by atoms with Crippen LogP contribution in [0.25, 0.3) is 0 Å². The molecule has 0 saturated carbocycles. The molecule has 0 bridgehead atoms. The lowest BCUT2D eigenvalue weighted by molar-refractivity contribution is 0.200. The van der Waals surface area contributed by atoms with Gasteiger partial charge in [0.1, 0.15) is 0 Å². The van der Waals surface area contributed by atoms with Crippen molar-refractivity contribution in [3.05, 3.63) is 0 Å². The number of hydrogen-bond acceptors (Lipinski definition) is 3. The topological polar surface area (TPSA) is 29.5 Å². The summed E-state index contributed by atoms with van der Waals surface area (Å²) in [6.07, 6.45) is 2.20. The quantitative estimate of drug-likeness (QED) is 0.465. The zero-order valence-electron chi connectivity index (χ0n) is 6.21. The second-order valence-corrected chi connectivity index (χ2v) is 7.43. The van der Waals surface area contributed by atoms with Gasteiger partial charge in [0, 0.05) is 11.5 Å². The molecule has 0 aromatic carbocycles. The van der Waals surface area contributed by atoms with Gasteiger partial charge in [-0.3, -0.25) is 0 Å². The van der Waals surface area contributed by atoms with Crippen LogP contribution in [-0.2, 0) is 4.43 Å². The Labute approximate surface area is 68.2 Å². The third-order valence-electron chi connectivity index (χ3n) is 1.93. The van der Waals surface area contributed by atoms with Crippen molar-refractivity contribution >= 4 is 21.2 Å². The molecule has 0 spiro atoms. The van der Waals surface area contributed by atoms with Crippen molar-refractivity contribution in [2.24, 2.45) is 0 Å². The van der Waals surface area contributed by atoms with Crippen LogP contribution in [0, 0.1) is 0 Å². The van der Waals surface area contributed by atoms with Crippen LogP contribution in [-0.4, -0.2) is 24.8 Å². The Bertz CT molecular complexity index is 112. The average Bonchev–Trinajstić information content (AvgIpc) is 1.89. The van der Waals surface area contributed by atoms with Crippen molar-refractivity contribution in [3.8, 4) is 0 Å². The molecule has 1 N–H and O–H groups in total. The van der Waals surface area contributed by atoms with E-state index in [4.69, 9.17) is 4.43 Å². The maximum Gasteiger partial charge on any atom is 0.348 e. The van der Waals surface area contributed by atoms with Crippen molar-refractivity contribution in [2.75, 3.05) is 6.61 Å². The van der Waals surface area contributed by atoms with E-state index in [9.17, 15) is 4.80 Å². The molecule has 4 heteroatoms. The summed E-state index contributed by atoms with van der Waals surface area (Å²) in [4.78, 5) is 9.84. The van der Waals surface area contributed by atoms with Gasteiger partial charge in [-0.2, -0.15) is 12.6 Å². The highest BCUT2D eigenvalue weighted by atomic mass is 32.1. The van der Waals surface area contributed by atoms with Gasteiger partial charge in [-0.05, 0) is 18.9 Å². The predicted octanol–water partition coefficient (Wildman–Crippen LogP) is 1.09. The van der Waals surface area contributed by atoms with E-state index in [1.165, 1.54) is 0 Å². The summed E-state index contributed by atoms with van der Waals surface area (Å²) in [6, 6.07) is 0.859. The van der Waals surface area contributed by atoms with E-state index in [2.05, 4.69) is 12.6 Å². The summed E-state index contributed by atoms with van der Waals surface area (Å²) in [5.74, 6) is 0. The second kappa shape index (κ2) is 3.26. The maximum atomic E-state index is 9.79. The van der Waals surface area contributed by atoms with Gasteiger partial charge in [-0.15, -0.1) is 0 Å². The van der Waals surface area contributed by atoms with Gasteiger partial charge in [-0.1, -0.05) is 6.92 Å². The SMILES string of the molecule is CC(S)[Si]1(O)CCCCO1. The third kappa shape index (κ3) is 1.75. The zero-order chi connectivity index (χ0) is 7.61. The molecular formula is C6H14O2SSi. The molecule has 2 atom stereocenters. The molecule has 1 aliphatic rings. The van der Waals surface area contributed by atoms with Crippen LogP contribution in [0.2, 0.25) is 6.04 Å². The predicted molar refractivity (Wildman–Crippen MR) is 46.4 cm³/mol. The van der Waals surface area contributed by atoms with E-state index >= 15 is 0 Å². The number of rotatable bonds is 1. The minimum Gasteiger partial charge on any atom is -0.410 e. The average molecular weight is 178 g/mol. The lowest BCUT2D eigenvalue weighted by Crippen LogP contribution is -2.49. The molecule has 60 valence electrons. The first-order chi connectivity index (χ1) is 4.65. The van der Waals surface area contributed by atoms with Crippen molar-refractivity contribution in [2.45, 2.75) is 30.7 Å². The fourth-order valence-electron chi connectivity index (χ4n) is 1.13. The molecule has 0 aromatic heterocycles. The van der Waals surface area contributed by atoms with E-state index in [1.54, 1.807) is 0 Å². The van der Waals surface area contributed by atoms with E-state index in [1.807, 2.05) is 6.92 Å². The van der Waals surface area contributed by atoms with Gasteiger partial charge in [0.25, 0.3) is 0 Å². The maximum absolute atomic E-state index is 9.79. The third-order valence-corrected chi connectivity index (χ3v) is 6.22. The summed E-state index contributed by atoms with van der Waals surface area (Å²) in [5.41, 5.74) is 0. The van der Waals surface area contributed by atoms with Crippen LogP contribution < -0.4 is 0 Å². The molecule has 1 fully saturated rings. The lowest BCUT2D eigenvalue weighted by atomic mass is 10.4. The minimum absolute atomic E-state index is 0.0489. The van der Waals surface area contributed by atoms with E-state index in [0.717, 1.165) is 25.5 Å². The molecule has 1 aliphatic heterocycles. The Morgan fingerprint density at radius 3 is 2.60 bits per heavy atom. The van der Waals surface area contributed by atoms with E-state index < -0.39 is 8.56 Å². The molecule has 10 heavy (non-hydrogen) atoms. The number of hydrogen-bond donors (Lipinski definition) is 2. The molecule has 1 saturated heterocycles. The van der Waals surface area contributed by atoms with Crippen molar-refractivity contribution in [1.29, 1.82) is 0 Å². The van der Waals surface area contributed by atoms with Crippen molar-refractivity contribution < 1.29 is 9.22 Å². The molecule has 2 unspecified atom stereocenters. The largest absolute Gasteiger partial charge is 0.410 e. The standard InChI is InChI=1S/C6H14O2SSi/c1-6(9)10(7)5-3-2-4-8-10/h6-7,9H,2-5H2,1H3. The van der Waals surface area contributed by atoms with Gasteiger partial charge < -0.3 is 9.22 Å². The molecule has 1 heterocycles. The first kappa shape index (κ1) is 8.58. The van der Waals surface area contributed by atoms with Crippen LogP contribution in [0.1, 0.15) is 19.8 Å². The lowest BCUT2D eigenvalue weighted by Gasteiger charge is -2.31. The van der Waals surface area contributed by atoms with Gasteiger partial charge >= 0.3 is 8.56 Å². The minimum atomic E-state index is -2.35. The Morgan fingerprint density at radius 1 is 1.60 bits per heavy atom. The van der Waals surface area contributed by atoms with Crippen molar-refractivity contribution in [3.63, 3.8) is 0 Å². The molecule has 0 amide bonds. The van der Waals surface area contributed by atoms with Gasteiger partial charge in [0.2, 0.25) is 0 Å². The molecule has 0 radical (unpaired) electrons. The van der Waals surface area contributed by atoms with E-state index in [-0.39, 0.29) is 4.87 Å². The Morgan fingerprint density at radius 2 is 2.30 bits per heavy atom. The fraction of sp³-hybridized carbons (Fsp3) is 1.00. The fourth-order valence-corrected chi connectivity index (χ4v) is 3.80. The van der Waals surface area contributed by atoms with Gasteiger partial charge in [-0.25, -0.2) is 0 Å². The van der Waals surface area contributed by atoms with Crippen LogP contribution in [0.4, 0.5) is 0 Å². The highest BCUT2D eigenvalue weighted by Gasteiger charge is 2.39. The number of thiol groups is 1. The first-order valence-corrected chi connectivity index (χ1v) is 6.35. The van der Waals surface area contributed by atoms with Crippen LogP contribution in [0.3, 0.4) is 0 Å². The highest BCUT2D eigenvalue weighted by molar-refractivity contribution is 7.83. The van der Waals surface area contributed by atoms with Crippen LogP contribution in [0.5, 0.6) is 0 Å². The normalized spacial score (nSPS) is 37.5. The smallest absolute Gasteiger partial charge is 0.348 e. The zero-order valence-corrected chi connectivity index (χ0v) is 8.10. The second-order valence-electron chi connectivity index (χ2n) is 2.83. The van der Waals surface area contributed by atoms with Crippen LogP contribution >= 0.6 is 12.6 Å². The summed E-state index contributed by atoms with van der Waals surface area (Å²) < 4.78 is 5.34. The Kier molecular flexibility index (Phi) is 2.79. The molecule has 2 nitrogen and oxygen atoms in total.